The number of aromatic nitrogens is 1. The minimum absolute atomic E-state index is 0.0262. The molecule has 1 heterocycles. The van der Waals surface area contributed by atoms with Gasteiger partial charge < -0.3 is 9.88 Å². The first-order valence-corrected chi connectivity index (χ1v) is 8.45. The molecule has 0 bridgehead atoms. The van der Waals surface area contributed by atoms with Gasteiger partial charge in [-0.05, 0) is 54.3 Å². The van der Waals surface area contributed by atoms with Crippen LogP contribution < -0.4 is 5.56 Å². The first-order chi connectivity index (χ1) is 13.5. The molecule has 0 saturated carbocycles. The molecule has 0 unspecified atom stereocenters. The lowest BCUT2D eigenvalue weighted by molar-refractivity contribution is -0.137. The predicted molar refractivity (Wildman–Crippen MR) is 96.4 cm³/mol. The van der Waals surface area contributed by atoms with Crippen LogP contribution in [0.1, 0.15) is 34.5 Å². The van der Waals surface area contributed by atoms with Gasteiger partial charge in [0.05, 0.1) is 17.0 Å². The Morgan fingerprint density at radius 3 is 2.14 bits per heavy atom. The third-order valence-corrected chi connectivity index (χ3v) is 4.79. The molecule has 0 aliphatic rings. The number of hydrogen-bond acceptors (Lipinski definition) is 2. The SMILES string of the molecule is C[C@@H](c1c[nH]c(=O)c2cc(F)c(F)cc12)N(C)C(=O)c1ccc(C(F)(F)F)cc1. The Kier molecular flexibility index (Phi) is 5.16. The zero-order valence-corrected chi connectivity index (χ0v) is 15.3. The van der Waals surface area contributed by atoms with E-state index in [1.54, 1.807) is 6.92 Å². The van der Waals surface area contributed by atoms with E-state index in [9.17, 15) is 31.5 Å². The molecule has 1 N–H and O–H groups in total. The van der Waals surface area contributed by atoms with Gasteiger partial charge in [-0.1, -0.05) is 0 Å². The van der Waals surface area contributed by atoms with Gasteiger partial charge in [-0.25, -0.2) is 8.78 Å². The first kappa shape index (κ1) is 20.5. The maximum absolute atomic E-state index is 13.7. The molecule has 0 aliphatic heterocycles. The summed E-state index contributed by atoms with van der Waals surface area (Å²) in [7, 11) is 1.42. The van der Waals surface area contributed by atoms with Crippen LogP contribution in [0.15, 0.2) is 47.4 Å². The number of hydrogen-bond donors (Lipinski definition) is 1. The Morgan fingerprint density at radius 1 is 1.03 bits per heavy atom. The average molecular weight is 410 g/mol. The summed E-state index contributed by atoms with van der Waals surface area (Å²) in [6.45, 7) is 1.59. The van der Waals surface area contributed by atoms with E-state index in [1.165, 1.54) is 18.1 Å². The molecule has 3 aromatic rings. The van der Waals surface area contributed by atoms with Crippen LogP contribution in [0.25, 0.3) is 10.8 Å². The Balaban J connectivity index is 1.97. The summed E-state index contributed by atoms with van der Waals surface area (Å²) in [4.78, 5) is 28.3. The first-order valence-electron chi connectivity index (χ1n) is 8.45. The fraction of sp³-hybridized carbons (Fsp3) is 0.200. The maximum atomic E-state index is 13.7. The van der Waals surface area contributed by atoms with Crippen molar-refractivity contribution in [2.45, 2.75) is 19.1 Å². The maximum Gasteiger partial charge on any atom is 0.416 e. The van der Waals surface area contributed by atoms with Gasteiger partial charge in [0.1, 0.15) is 0 Å². The van der Waals surface area contributed by atoms with E-state index in [4.69, 9.17) is 0 Å². The predicted octanol–water partition coefficient (Wildman–Crippen LogP) is 4.66. The molecule has 0 aliphatic carbocycles. The van der Waals surface area contributed by atoms with Crippen molar-refractivity contribution >= 4 is 16.7 Å². The van der Waals surface area contributed by atoms with Crippen molar-refractivity contribution in [3.63, 3.8) is 0 Å². The van der Waals surface area contributed by atoms with Crippen LogP contribution in [0, 0.1) is 11.6 Å². The number of nitrogens with zero attached hydrogens (tertiary/aromatic N) is 1. The van der Waals surface area contributed by atoms with Crippen LogP contribution >= 0.6 is 0 Å². The Hall–Kier alpha value is -3.23. The van der Waals surface area contributed by atoms with E-state index >= 15 is 0 Å². The van der Waals surface area contributed by atoms with E-state index in [0.717, 1.165) is 36.4 Å². The number of halogens is 5. The van der Waals surface area contributed by atoms with Gasteiger partial charge in [-0.2, -0.15) is 13.2 Å². The van der Waals surface area contributed by atoms with Gasteiger partial charge in [0.25, 0.3) is 11.5 Å². The zero-order chi connectivity index (χ0) is 21.5. The summed E-state index contributed by atoms with van der Waals surface area (Å²) >= 11 is 0. The van der Waals surface area contributed by atoms with Crippen molar-refractivity contribution in [2.75, 3.05) is 7.05 Å². The van der Waals surface area contributed by atoms with Crippen LogP contribution in [0.4, 0.5) is 22.0 Å². The number of alkyl halides is 3. The number of H-pyrrole nitrogens is 1. The Labute approximate surface area is 161 Å². The highest BCUT2D eigenvalue weighted by atomic mass is 19.4. The van der Waals surface area contributed by atoms with E-state index in [2.05, 4.69) is 4.98 Å². The molecule has 0 saturated heterocycles. The Morgan fingerprint density at radius 2 is 1.59 bits per heavy atom. The van der Waals surface area contributed by atoms with Gasteiger partial charge in [0.15, 0.2) is 11.6 Å². The zero-order valence-electron chi connectivity index (χ0n) is 15.3. The highest BCUT2D eigenvalue weighted by Crippen LogP contribution is 2.30. The number of nitrogens with one attached hydrogen (secondary N) is 1. The smallest absolute Gasteiger partial charge is 0.335 e. The fourth-order valence-electron chi connectivity index (χ4n) is 3.01. The van der Waals surface area contributed by atoms with Crippen molar-refractivity contribution in [1.82, 2.24) is 9.88 Å². The van der Waals surface area contributed by atoms with Crippen molar-refractivity contribution in [3.8, 4) is 0 Å². The van der Waals surface area contributed by atoms with Crippen molar-refractivity contribution in [3.05, 3.63) is 81.3 Å². The summed E-state index contributed by atoms with van der Waals surface area (Å²) in [6, 6.07) is 4.69. The normalized spacial score (nSPS) is 12.8. The molecule has 1 aromatic heterocycles. The van der Waals surface area contributed by atoms with Crippen molar-refractivity contribution in [2.24, 2.45) is 0 Å². The highest BCUT2D eigenvalue weighted by molar-refractivity contribution is 5.95. The molecule has 1 atom stereocenters. The third kappa shape index (κ3) is 3.85. The van der Waals surface area contributed by atoms with E-state index < -0.39 is 40.9 Å². The lowest BCUT2D eigenvalue weighted by atomic mass is 10.0. The standard InChI is InChI=1S/C20H15F5N2O2/c1-10(15-9-26-18(28)14-8-17(22)16(21)7-13(14)15)27(2)19(29)11-3-5-12(6-4-11)20(23,24)25/h3-10H,1-2H3,(H,26,28)/t10-/m0/s1. The molecule has 1 amide bonds. The second-order valence-electron chi connectivity index (χ2n) is 6.55. The molecular weight excluding hydrogens is 395 g/mol. The molecule has 29 heavy (non-hydrogen) atoms. The Bertz CT molecular complexity index is 1140. The fourth-order valence-corrected chi connectivity index (χ4v) is 3.01. The van der Waals surface area contributed by atoms with Crippen LogP contribution in [-0.4, -0.2) is 22.8 Å². The summed E-state index contributed by atoms with van der Waals surface area (Å²) < 4.78 is 65.3. The number of amides is 1. The molecule has 9 heteroatoms. The molecular formula is C20H15F5N2O2. The second kappa shape index (κ2) is 7.31. The molecule has 2 aromatic carbocycles. The lowest BCUT2D eigenvalue weighted by Gasteiger charge is -2.26. The van der Waals surface area contributed by atoms with Gasteiger partial charge in [0.2, 0.25) is 0 Å². The molecule has 4 nitrogen and oxygen atoms in total. The van der Waals surface area contributed by atoms with E-state index in [1.807, 2.05) is 0 Å². The van der Waals surface area contributed by atoms with Gasteiger partial charge in [-0.15, -0.1) is 0 Å². The number of benzene rings is 2. The van der Waals surface area contributed by atoms with Gasteiger partial charge >= 0.3 is 6.18 Å². The van der Waals surface area contributed by atoms with Crippen LogP contribution in [-0.2, 0) is 6.18 Å². The highest BCUT2D eigenvalue weighted by Gasteiger charge is 2.30. The summed E-state index contributed by atoms with van der Waals surface area (Å²) in [5, 5.41) is 0.0517. The number of carbonyl (C=O) groups excluding carboxylic acids is 1. The van der Waals surface area contributed by atoms with Gasteiger partial charge in [0, 0.05) is 18.8 Å². The molecule has 0 fully saturated rings. The summed E-state index contributed by atoms with van der Waals surface area (Å²) in [5.74, 6) is -2.90. The molecule has 0 spiro atoms. The topological polar surface area (TPSA) is 53.2 Å². The van der Waals surface area contributed by atoms with E-state index in [-0.39, 0.29) is 16.3 Å². The van der Waals surface area contributed by atoms with Crippen molar-refractivity contribution < 1.29 is 26.7 Å². The summed E-state index contributed by atoms with van der Waals surface area (Å²) in [6.07, 6.45) is -3.22. The minimum Gasteiger partial charge on any atom is -0.335 e. The largest absolute Gasteiger partial charge is 0.416 e. The number of aromatic amines is 1. The van der Waals surface area contributed by atoms with Crippen LogP contribution in [0.5, 0.6) is 0 Å². The van der Waals surface area contributed by atoms with Gasteiger partial charge in [-0.3, -0.25) is 9.59 Å². The molecule has 0 radical (unpaired) electrons. The molecule has 3 rings (SSSR count). The van der Waals surface area contributed by atoms with Crippen LogP contribution in [0.3, 0.4) is 0 Å². The monoisotopic (exact) mass is 410 g/mol. The van der Waals surface area contributed by atoms with Crippen LogP contribution in [0.2, 0.25) is 0 Å². The number of rotatable bonds is 3. The molecule has 152 valence electrons. The minimum atomic E-state index is -4.52. The summed E-state index contributed by atoms with van der Waals surface area (Å²) in [5.41, 5.74) is -1.12. The average Bonchev–Trinajstić information content (AvgIpc) is 2.67. The second-order valence-corrected chi connectivity index (χ2v) is 6.55. The number of pyridine rings is 1. The number of fused-ring (bicyclic) bond motifs is 1. The van der Waals surface area contributed by atoms with Crippen molar-refractivity contribution in [1.29, 1.82) is 0 Å². The quantitative estimate of drug-likeness (QED) is 0.639. The lowest BCUT2D eigenvalue weighted by Crippen LogP contribution is -2.30. The number of carbonyl (C=O) groups is 1. The third-order valence-electron chi connectivity index (χ3n) is 4.79. The van der Waals surface area contributed by atoms with E-state index in [0.29, 0.717) is 5.56 Å².